The molecule has 164 valence electrons. The van der Waals surface area contributed by atoms with Gasteiger partial charge in [-0.2, -0.15) is 18.4 Å². The van der Waals surface area contributed by atoms with Crippen LogP contribution in [0.3, 0.4) is 0 Å². The summed E-state index contributed by atoms with van der Waals surface area (Å²) in [5.41, 5.74) is -1.57. The maximum absolute atomic E-state index is 13.7. The summed E-state index contributed by atoms with van der Waals surface area (Å²) >= 11 is 0. The third-order valence-electron chi connectivity index (χ3n) is 4.85. The molecule has 2 aliphatic carbocycles. The molecule has 0 spiro atoms. The van der Waals surface area contributed by atoms with Gasteiger partial charge in [0.15, 0.2) is 0 Å². The molecule has 0 saturated heterocycles. The normalized spacial score (nSPS) is 20.1. The summed E-state index contributed by atoms with van der Waals surface area (Å²) in [7, 11) is -4.07. The van der Waals surface area contributed by atoms with Crippen LogP contribution in [0.5, 0.6) is 0 Å². The van der Waals surface area contributed by atoms with Crippen LogP contribution in [-0.2, 0) is 14.8 Å². The van der Waals surface area contributed by atoms with E-state index in [-0.39, 0.29) is 11.6 Å². The van der Waals surface area contributed by atoms with Crippen molar-refractivity contribution >= 4 is 15.9 Å². The lowest BCUT2D eigenvalue weighted by Gasteiger charge is -2.28. The van der Waals surface area contributed by atoms with Crippen molar-refractivity contribution in [2.75, 3.05) is 5.75 Å². The molecule has 0 bridgehead atoms. The summed E-state index contributed by atoms with van der Waals surface area (Å²) in [6, 6.07) is 0.875. The number of carbonyl (C=O) groups is 1. The molecule has 1 aromatic carbocycles. The van der Waals surface area contributed by atoms with Gasteiger partial charge in [0.25, 0.3) is 0 Å². The van der Waals surface area contributed by atoms with E-state index in [4.69, 9.17) is 5.26 Å². The monoisotopic (exact) mass is 448 g/mol. The fourth-order valence-electron chi connectivity index (χ4n) is 2.87. The summed E-state index contributed by atoms with van der Waals surface area (Å²) in [6.45, 7) is 0. The molecule has 1 amide bonds. The third-order valence-corrected chi connectivity index (χ3v) is 6.32. The number of halogens is 4. The molecular weight excluding hydrogens is 428 g/mol. The molecule has 2 aliphatic rings. The Balaban J connectivity index is 1.85. The van der Waals surface area contributed by atoms with Gasteiger partial charge in [-0.3, -0.25) is 10.1 Å². The van der Waals surface area contributed by atoms with Gasteiger partial charge in [0, 0.05) is 6.04 Å². The topological polar surface area (TPSA) is 111 Å². The Morgan fingerprint density at radius 2 is 1.83 bits per heavy atom. The van der Waals surface area contributed by atoms with E-state index in [9.17, 15) is 30.8 Å². The minimum Gasteiger partial charge on any atom is -0.336 e. The molecule has 2 fully saturated rings. The Morgan fingerprint density at radius 1 is 1.23 bits per heavy atom. The number of rotatable bonds is 9. The van der Waals surface area contributed by atoms with Gasteiger partial charge < -0.3 is 5.32 Å². The van der Waals surface area contributed by atoms with E-state index in [1.165, 1.54) is 0 Å². The Labute approximate surface area is 170 Å². The molecule has 2 saturated carbocycles. The van der Waals surface area contributed by atoms with Gasteiger partial charge in [0.1, 0.15) is 23.4 Å². The Morgan fingerprint density at radius 3 is 2.30 bits per heavy atom. The highest BCUT2D eigenvalue weighted by Crippen LogP contribution is 2.35. The van der Waals surface area contributed by atoms with Crippen LogP contribution >= 0.6 is 0 Å². The molecule has 12 heteroatoms. The van der Waals surface area contributed by atoms with Crippen molar-refractivity contribution in [3.63, 3.8) is 0 Å². The maximum Gasteiger partial charge on any atom is 0.407 e. The summed E-state index contributed by atoms with van der Waals surface area (Å²) in [5, 5.41) is 13.5. The molecule has 1 aromatic rings. The van der Waals surface area contributed by atoms with Gasteiger partial charge in [-0.05, 0) is 43.4 Å². The minimum atomic E-state index is -4.89. The number of carbonyl (C=O) groups excluding carboxylic acids is 1. The lowest BCUT2D eigenvalue weighted by atomic mass is 10.0. The fraction of sp³-hybridized carbons (Fsp3) is 0.556. The minimum absolute atomic E-state index is 0.289. The second-order valence-corrected chi connectivity index (χ2v) is 9.40. The van der Waals surface area contributed by atoms with E-state index in [2.05, 4.69) is 15.4 Å². The molecule has 7 nitrogen and oxygen atoms in total. The molecule has 0 aliphatic heterocycles. The third kappa shape index (κ3) is 5.90. The zero-order valence-corrected chi connectivity index (χ0v) is 16.5. The molecular formula is C18H20F4N4O3S. The summed E-state index contributed by atoms with van der Waals surface area (Å²) < 4.78 is 81.2. The number of sulfonamides is 1. The van der Waals surface area contributed by atoms with E-state index < -0.39 is 51.3 Å². The van der Waals surface area contributed by atoms with Gasteiger partial charge in [-0.15, -0.1) is 0 Å². The molecule has 0 aromatic heterocycles. The maximum atomic E-state index is 13.7. The van der Waals surface area contributed by atoms with Gasteiger partial charge in [-0.25, -0.2) is 17.5 Å². The van der Waals surface area contributed by atoms with Crippen LogP contribution in [-0.4, -0.2) is 43.9 Å². The number of nitriles is 1. The lowest BCUT2D eigenvalue weighted by Crippen LogP contribution is -2.55. The van der Waals surface area contributed by atoms with E-state index in [0.29, 0.717) is 25.7 Å². The zero-order chi connectivity index (χ0) is 22.2. The number of nitrogens with zero attached hydrogens (tertiary/aromatic N) is 1. The number of amides is 1. The first-order valence-electron chi connectivity index (χ1n) is 9.25. The largest absolute Gasteiger partial charge is 0.407 e. The SMILES string of the molecule is N#CC1(NC(=O)C(CS(=O)(=O)NC2CC2)N[C@H](c2ccc(F)cc2)C(F)(F)F)CC1. The predicted molar refractivity (Wildman–Crippen MR) is 97.8 cm³/mol. The second-order valence-electron chi connectivity index (χ2n) is 7.60. The van der Waals surface area contributed by atoms with Crippen LogP contribution in [0.15, 0.2) is 24.3 Å². The average molecular weight is 448 g/mol. The standard InChI is InChI=1S/C18H20F4N4O3S/c19-12-3-1-11(2-4-12)15(18(20,21)22)24-14(9-30(28,29)26-13-5-6-13)16(27)25-17(10-23)7-8-17/h1-4,13-15,24,26H,5-9H2,(H,25,27)/t14?,15-/m1/s1. The van der Waals surface area contributed by atoms with Gasteiger partial charge in [0.05, 0.1) is 11.8 Å². The summed E-state index contributed by atoms with van der Waals surface area (Å²) in [4.78, 5) is 12.6. The lowest BCUT2D eigenvalue weighted by molar-refractivity contribution is -0.160. The van der Waals surface area contributed by atoms with Crippen molar-refractivity contribution in [1.82, 2.24) is 15.4 Å². The molecule has 3 N–H and O–H groups in total. The highest BCUT2D eigenvalue weighted by atomic mass is 32.2. The number of nitrogens with one attached hydrogen (secondary N) is 3. The first-order valence-corrected chi connectivity index (χ1v) is 10.9. The van der Waals surface area contributed by atoms with Gasteiger partial charge >= 0.3 is 6.18 Å². The Bertz CT molecular complexity index is 936. The first-order chi connectivity index (χ1) is 13.9. The number of benzene rings is 1. The van der Waals surface area contributed by atoms with Gasteiger partial charge in [0.2, 0.25) is 15.9 Å². The number of hydrogen-bond acceptors (Lipinski definition) is 5. The van der Waals surface area contributed by atoms with E-state index in [0.717, 1.165) is 24.3 Å². The Kier molecular flexibility index (Phi) is 6.08. The van der Waals surface area contributed by atoms with Crippen molar-refractivity contribution in [3.05, 3.63) is 35.6 Å². The highest BCUT2D eigenvalue weighted by Gasteiger charge is 2.48. The highest BCUT2D eigenvalue weighted by molar-refractivity contribution is 7.89. The van der Waals surface area contributed by atoms with Crippen LogP contribution in [0.4, 0.5) is 17.6 Å². The molecule has 30 heavy (non-hydrogen) atoms. The summed E-state index contributed by atoms with van der Waals surface area (Å²) in [5.74, 6) is -2.70. The molecule has 1 unspecified atom stereocenters. The summed E-state index contributed by atoms with van der Waals surface area (Å²) in [6.07, 6.45) is -3.01. The Hall–Kier alpha value is -2.23. The van der Waals surface area contributed by atoms with Crippen LogP contribution < -0.4 is 15.4 Å². The average Bonchev–Trinajstić information content (AvgIpc) is 3.56. The fourth-order valence-corrected chi connectivity index (χ4v) is 4.40. The van der Waals surface area contributed by atoms with Gasteiger partial charge in [-0.1, -0.05) is 12.1 Å². The van der Waals surface area contributed by atoms with Crippen molar-refractivity contribution in [1.29, 1.82) is 5.26 Å². The van der Waals surface area contributed by atoms with Crippen LogP contribution in [0.25, 0.3) is 0 Å². The number of hydrogen-bond donors (Lipinski definition) is 3. The van der Waals surface area contributed by atoms with Crippen LogP contribution in [0.1, 0.15) is 37.3 Å². The van der Waals surface area contributed by atoms with Crippen molar-refractivity contribution in [3.8, 4) is 6.07 Å². The number of alkyl halides is 3. The van der Waals surface area contributed by atoms with E-state index in [1.54, 1.807) is 0 Å². The molecule has 0 heterocycles. The van der Waals surface area contributed by atoms with Crippen LogP contribution in [0, 0.1) is 17.1 Å². The molecule has 3 rings (SSSR count). The second kappa shape index (κ2) is 8.13. The van der Waals surface area contributed by atoms with Crippen molar-refractivity contribution in [2.45, 2.75) is 55.5 Å². The first kappa shape index (κ1) is 22.5. The smallest absolute Gasteiger partial charge is 0.336 e. The zero-order valence-electron chi connectivity index (χ0n) is 15.7. The molecule has 2 atom stereocenters. The van der Waals surface area contributed by atoms with Crippen LogP contribution in [0.2, 0.25) is 0 Å². The predicted octanol–water partition coefficient (Wildman–Crippen LogP) is 1.64. The van der Waals surface area contributed by atoms with Crippen molar-refractivity contribution in [2.24, 2.45) is 0 Å². The quantitative estimate of drug-likeness (QED) is 0.498. The molecule has 0 radical (unpaired) electrons. The van der Waals surface area contributed by atoms with E-state index >= 15 is 0 Å². The van der Waals surface area contributed by atoms with Crippen molar-refractivity contribution < 1.29 is 30.8 Å². The van der Waals surface area contributed by atoms with E-state index in [1.807, 2.05) is 6.07 Å².